The first-order valence-electron chi connectivity index (χ1n) is 9.51. The maximum Gasteiger partial charge on any atom is 0.316 e. The molecule has 1 N–H and O–H groups in total. The van der Waals surface area contributed by atoms with Crippen molar-refractivity contribution in [2.75, 3.05) is 35.7 Å². The number of hydrogen-bond acceptors (Lipinski definition) is 6. The van der Waals surface area contributed by atoms with Crippen molar-refractivity contribution >= 4 is 46.3 Å². The average molecular weight is 419 g/mol. The fraction of sp³-hybridized carbons (Fsp3) is 0.429. The van der Waals surface area contributed by atoms with Crippen LogP contribution in [-0.4, -0.2) is 37.3 Å². The van der Waals surface area contributed by atoms with Crippen LogP contribution in [0.3, 0.4) is 0 Å². The second-order valence-corrected chi connectivity index (χ2v) is 9.02. The lowest BCUT2D eigenvalue weighted by Crippen LogP contribution is -2.32. The number of thioether (sulfide) groups is 1. The number of nitrogens with one attached hydrogen (secondary N) is 1. The first kappa shape index (κ1) is 20.7. The first-order chi connectivity index (χ1) is 13.6. The van der Waals surface area contributed by atoms with E-state index in [4.69, 9.17) is 4.74 Å². The largest absolute Gasteiger partial charge is 0.455 e. The Morgan fingerprint density at radius 1 is 1.21 bits per heavy atom. The Kier molecular flexibility index (Phi) is 7.80. The maximum absolute atomic E-state index is 12.0. The minimum Gasteiger partial charge on any atom is -0.455 e. The summed E-state index contributed by atoms with van der Waals surface area (Å²) in [5.41, 5.74) is 1.89. The zero-order valence-electron chi connectivity index (χ0n) is 16.1. The highest BCUT2D eigenvalue weighted by Gasteiger charge is 2.16. The molecular formula is C21H26N2O3S2. The Morgan fingerprint density at radius 2 is 1.96 bits per heavy atom. The molecule has 7 heteroatoms. The van der Waals surface area contributed by atoms with Crippen LogP contribution in [0.5, 0.6) is 0 Å². The van der Waals surface area contributed by atoms with E-state index < -0.39 is 0 Å². The maximum atomic E-state index is 12.0. The summed E-state index contributed by atoms with van der Waals surface area (Å²) in [6.45, 7) is 4.19. The van der Waals surface area contributed by atoms with Crippen LogP contribution in [0.1, 0.15) is 24.6 Å². The minimum absolute atomic E-state index is 0.244. The normalized spacial score (nSPS) is 14.7. The Hall–Kier alpha value is -1.99. The van der Waals surface area contributed by atoms with Crippen molar-refractivity contribution in [2.45, 2.75) is 25.5 Å². The molecule has 1 aliphatic heterocycles. The standard InChI is InChI=1S/C21H26N2O3S2/c1-16-8-10-23(11-9-16)18-6-4-17(5-7-18)22-20(24)13-26-21(25)15-27-14-19-3-2-12-28-19/h2-7,12,16H,8-11,13-15H2,1H3,(H,22,24). The van der Waals surface area contributed by atoms with Crippen molar-refractivity contribution in [2.24, 2.45) is 5.92 Å². The van der Waals surface area contributed by atoms with Gasteiger partial charge in [-0.15, -0.1) is 23.1 Å². The molecule has 1 aromatic heterocycles. The van der Waals surface area contributed by atoms with E-state index in [2.05, 4.69) is 17.1 Å². The highest BCUT2D eigenvalue weighted by Crippen LogP contribution is 2.24. The lowest BCUT2D eigenvalue weighted by molar-refractivity contribution is -0.144. The van der Waals surface area contributed by atoms with Crippen LogP contribution in [0.4, 0.5) is 11.4 Å². The van der Waals surface area contributed by atoms with Gasteiger partial charge in [0.2, 0.25) is 0 Å². The molecule has 1 aromatic carbocycles. The van der Waals surface area contributed by atoms with Crippen LogP contribution in [-0.2, 0) is 20.1 Å². The second-order valence-electron chi connectivity index (χ2n) is 7.00. The van der Waals surface area contributed by atoms with Crippen molar-refractivity contribution in [1.29, 1.82) is 0 Å². The van der Waals surface area contributed by atoms with E-state index in [0.29, 0.717) is 5.69 Å². The van der Waals surface area contributed by atoms with Crippen molar-refractivity contribution in [3.05, 3.63) is 46.7 Å². The van der Waals surface area contributed by atoms with E-state index in [9.17, 15) is 9.59 Å². The lowest BCUT2D eigenvalue weighted by atomic mass is 9.99. The highest BCUT2D eigenvalue weighted by atomic mass is 32.2. The van der Waals surface area contributed by atoms with Gasteiger partial charge in [0.1, 0.15) is 0 Å². The third-order valence-electron chi connectivity index (χ3n) is 4.71. The molecule has 0 saturated carbocycles. The average Bonchev–Trinajstić information content (AvgIpc) is 3.21. The van der Waals surface area contributed by atoms with Crippen molar-refractivity contribution in [3.8, 4) is 0 Å². The molecule has 2 heterocycles. The number of anilines is 2. The number of rotatable bonds is 8. The molecule has 5 nitrogen and oxygen atoms in total. The quantitative estimate of drug-likeness (QED) is 0.644. The van der Waals surface area contributed by atoms with Crippen LogP contribution in [0.25, 0.3) is 0 Å². The summed E-state index contributed by atoms with van der Waals surface area (Å²) in [5, 5.41) is 4.79. The Morgan fingerprint density at radius 3 is 2.64 bits per heavy atom. The summed E-state index contributed by atoms with van der Waals surface area (Å²) in [6.07, 6.45) is 2.44. The number of amides is 1. The summed E-state index contributed by atoms with van der Waals surface area (Å²) in [6, 6.07) is 11.9. The van der Waals surface area contributed by atoms with Crippen molar-refractivity contribution in [3.63, 3.8) is 0 Å². The molecule has 0 bridgehead atoms. The minimum atomic E-state index is -0.369. The molecule has 150 valence electrons. The molecule has 0 spiro atoms. The number of carbonyl (C=O) groups is 2. The second kappa shape index (κ2) is 10.5. The van der Waals surface area contributed by atoms with Crippen LogP contribution in [0.15, 0.2) is 41.8 Å². The highest BCUT2D eigenvalue weighted by molar-refractivity contribution is 7.99. The number of nitrogens with zero attached hydrogens (tertiary/aromatic N) is 1. The van der Waals surface area contributed by atoms with Gasteiger partial charge in [-0.25, -0.2) is 0 Å². The third kappa shape index (κ3) is 6.56. The summed E-state index contributed by atoms with van der Waals surface area (Å²) < 4.78 is 5.05. The number of benzene rings is 1. The number of thiophene rings is 1. The van der Waals surface area contributed by atoms with Gasteiger partial charge < -0.3 is 15.0 Å². The Bertz CT molecular complexity index is 754. The summed E-state index contributed by atoms with van der Waals surface area (Å²) >= 11 is 3.15. The first-order valence-corrected chi connectivity index (χ1v) is 11.5. The van der Waals surface area contributed by atoms with Gasteiger partial charge in [0.15, 0.2) is 6.61 Å². The van der Waals surface area contributed by atoms with E-state index in [-0.39, 0.29) is 24.2 Å². The Labute approximate surface area is 174 Å². The van der Waals surface area contributed by atoms with E-state index in [1.807, 2.05) is 41.8 Å². The van der Waals surface area contributed by atoms with Gasteiger partial charge in [-0.05, 0) is 54.5 Å². The molecule has 0 aliphatic carbocycles. The molecule has 0 unspecified atom stereocenters. The van der Waals surface area contributed by atoms with Gasteiger partial charge in [-0.3, -0.25) is 9.59 Å². The summed E-state index contributed by atoms with van der Waals surface area (Å²) in [7, 11) is 0. The van der Waals surface area contributed by atoms with Crippen LogP contribution in [0.2, 0.25) is 0 Å². The summed E-state index contributed by atoms with van der Waals surface area (Å²) in [4.78, 5) is 27.3. The molecule has 1 saturated heterocycles. The molecule has 1 aliphatic rings. The van der Waals surface area contributed by atoms with E-state index in [0.717, 1.165) is 24.8 Å². The molecule has 28 heavy (non-hydrogen) atoms. The molecule has 1 amide bonds. The lowest BCUT2D eigenvalue weighted by Gasteiger charge is -2.32. The van der Waals surface area contributed by atoms with Gasteiger partial charge in [0.25, 0.3) is 5.91 Å². The Balaban J connectivity index is 1.35. The zero-order valence-corrected chi connectivity index (χ0v) is 17.7. The van der Waals surface area contributed by atoms with Gasteiger partial charge in [0, 0.05) is 35.1 Å². The van der Waals surface area contributed by atoms with Crippen LogP contribution < -0.4 is 10.2 Å². The van der Waals surface area contributed by atoms with Crippen LogP contribution in [0, 0.1) is 5.92 Å². The topological polar surface area (TPSA) is 58.6 Å². The fourth-order valence-corrected chi connectivity index (χ4v) is 4.70. The predicted octanol–water partition coefficient (Wildman–Crippen LogP) is 4.40. The molecule has 0 atom stereocenters. The molecule has 1 fully saturated rings. The van der Waals surface area contributed by atoms with E-state index in [1.165, 1.54) is 35.2 Å². The number of hydrogen-bond donors (Lipinski definition) is 1. The predicted molar refractivity (Wildman–Crippen MR) is 117 cm³/mol. The smallest absolute Gasteiger partial charge is 0.316 e. The molecule has 2 aromatic rings. The number of ether oxygens (including phenoxy) is 1. The van der Waals surface area contributed by atoms with Crippen molar-refractivity contribution < 1.29 is 14.3 Å². The fourth-order valence-electron chi connectivity index (χ4n) is 3.04. The molecule has 0 radical (unpaired) electrons. The van der Waals surface area contributed by atoms with Gasteiger partial charge in [-0.2, -0.15) is 0 Å². The monoisotopic (exact) mass is 418 g/mol. The molecular weight excluding hydrogens is 392 g/mol. The van der Waals surface area contributed by atoms with Crippen molar-refractivity contribution in [1.82, 2.24) is 0 Å². The van der Waals surface area contributed by atoms with Crippen LogP contribution >= 0.6 is 23.1 Å². The molecule has 3 rings (SSSR count). The van der Waals surface area contributed by atoms with Gasteiger partial charge in [-0.1, -0.05) is 13.0 Å². The summed E-state index contributed by atoms with van der Waals surface area (Å²) in [5.74, 6) is 1.13. The van der Waals surface area contributed by atoms with Gasteiger partial charge >= 0.3 is 5.97 Å². The van der Waals surface area contributed by atoms with Gasteiger partial charge in [0.05, 0.1) is 5.75 Å². The number of piperidine rings is 1. The van der Waals surface area contributed by atoms with E-state index >= 15 is 0 Å². The number of carbonyl (C=O) groups excluding carboxylic acids is 2. The number of esters is 1. The van der Waals surface area contributed by atoms with E-state index in [1.54, 1.807) is 11.3 Å². The SMILES string of the molecule is CC1CCN(c2ccc(NC(=O)COC(=O)CSCc3cccs3)cc2)CC1. The third-order valence-corrected chi connectivity index (χ3v) is 6.72. The zero-order chi connectivity index (χ0) is 19.8.